The molecule has 0 unspecified atom stereocenters. The predicted octanol–water partition coefficient (Wildman–Crippen LogP) is 1.90. The number of unbranched alkanes of at least 4 members (excludes halogenated alkanes) is 1. The summed E-state index contributed by atoms with van der Waals surface area (Å²) in [5.41, 5.74) is 0.423. The maximum atomic E-state index is 12.1. The Balaban J connectivity index is 0.00000288. The van der Waals surface area contributed by atoms with Crippen LogP contribution in [0.25, 0.3) is 0 Å². The van der Waals surface area contributed by atoms with Crippen LogP contribution in [0, 0.1) is 0 Å². The fourth-order valence-corrected chi connectivity index (χ4v) is 2.92. The second-order valence-corrected chi connectivity index (χ2v) is 6.05. The van der Waals surface area contributed by atoms with E-state index in [9.17, 15) is 4.79 Å². The van der Waals surface area contributed by atoms with Gasteiger partial charge in [-0.3, -0.25) is 4.79 Å². The smallest absolute Gasteiger partial charge is 0.273 e. The number of carbonyl (C=O) groups is 1. The molecule has 0 bridgehead atoms. The molecule has 1 aromatic rings. The number of aromatic nitrogens is 3. The molecule has 0 aromatic carbocycles. The summed E-state index contributed by atoms with van der Waals surface area (Å²) in [7, 11) is 0. The zero-order chi connectivity index (χ0) is 16.5. The third-order valence-corrected chi connectivity index (χ3v) is 4.51. The Morgan fingerprint density at radius 1 is 1.28 bits per heavy atom. The van der Waals surface area contributed by atoms with Crippen LogP contribution >= 0.6 is 24.8 Å². The van der Waals surface area contributed by atoms with E-state index in [1.807, 2.05) is 4.68 Å². The number of halogens is 2. The van der Waals surface area contributed by atoms with Gasteiger partial charge in [-0.2, -0.15) is 0 Å². The largest absolute Gasteiger partial charge is 0.351 e. The SMILES string of the molecule is CCN(CC)CCCCNC(=O)c1cn(C2CCNCC2)nn1.Cl.Cl. The highest BCUT2D eigenvalue weighted by Gasteiger charge is 2.18. The van der Waals surface area contributed by atoms with Gasteiger partial charge in [-0.15, -0.1) is 29.9 Å². The van der Waals surface area contributed by atoms with Crippen molar-refractivity contribution in [1.82, 2.24) is 30.5 Å². The van der Waals surface area contributed by atoms with Crippen LogP contribution in [-0.2, 0) is 0 Å². The average Bonchev–Trinajstić information content (AvgIpc) is 3.09. The number of piperidine rings is 1. The van der Waals surface area contributed by atoms with E-state index < -0.39 is 0 Å². The Kier molecular flexibility index (Phi) is 12.9. The minimum absolute atomic E-state index is 0. The van der Waals surface area contributed by atoms with Gasteiger partial charge >= 0.3 is 0 Å². The van der Waals surface area contributed by atoms with E-state index in [0.717, 1.165) is 58.4 Å². The van der Waals surface area contributed by atoms with Crippen LogP contribution in [0.3, 0.4) is 0 Å². The standard InChI is InChI=1S/C16H30N6O.2ClH/c1-3-21(4-2)12-6-5-9-18-16(23)15-13-22(20-19-15)14-7-10-17-11-8-14;;/h13-14,17H,3-12H2,1-2H3,(H,18,23);2*1H. The summed E-state index contributed by atoms with van der Waals surface area (Å²) in [4.78, 5) is 14.5. The summed E-state index contributed by atoms with van der Waals surface area (Å²) in [6.07, 6.45) is 5.95. The molecule has 0 atom stereocenters. The summed E-state index contributed by atoms with van der Waals surface area (Å²) in [6, 6.07) is 0.361. The van der Waals surface area contributed by atoms with Crippen LogP contribution in [0.15, 0.2) is 6.20 Å². The van der Waals surface area contributed by atoms with Gasteiger partial charge in [-0.25, -0.2) is 4.68 Å². The van der Waals surface area contributed by atoms with Crippen molar-refractivity contribution in [1.29, 1.82) is 0 Å². The molecule has 0 spiro atoms. The minimum Gasteiger partial charge on any atom is -0.351 e. The lowest BCUT2D eigenvalue weighted by Gasteiger charge is -2.22. The number of carbonyl (C=O) groups excluding carboxylic acids is 1. The second kappa shape index (κ2) is 13.3. The molecule has 1 saturated heterocycles. The molecular formula is C16H32Cl2N6O. The maximum absolute atomic E-state index is 12.1. The number of hydrogen-bond donors (Lipinski definition) is 2. The van der Waals surface area contributed by atoms with Crippen LogP contribution in [0.2, 0.25) is 0 Å². The van der Waals surface area contributed by atoms with Crippen LogP contribution < -0.4 is 10.6 Å². The normalized spacial score (nSPS) is 14.7. The molecule has 9 heteroatoms. The quantitative estimate of drug-likeness (QED) is 0.625. The molecule has 0 saturated carbocycles. The first kappa shape index (κ1) is 24.1. The van der Waals surface area contributed by atoms with Gasteiger partial charge in [-0.1, -0.05) is 19.1 Å². The Hall–Kier alpha value is -0.890. The maximum Gasteiger partial charge on any atom is 0.273 e. The van der Waals surface area contributed by atoms with Crippen molar-refractivity contribution in [3.63, 3.8) is 0 Å². The lowest BCUT2D eigenvalue weighted by Crippen LogP contribution is -2.29. The van der Waals surface area contributed by atoms with E-state index in [1.54, 1.807) is 6.20 Å². The summed E-state index contributed by atoms with van der Waals surface area (Å²) in [5.74, 6) is -0.118. The molecule has 25 heavy (non-hydrogen) atoms. The Bertz CT molecular complexity index is 475. The molecule has 1 aromatic heterocycles. The third-order valence-electron chi connectivity index (χ3n) is 4.51. The van der Waals surface area contributed by atoms with Crippen LogP contribution in [0.1, 0.15) is 56.1 Å². The van der Waals surface area contributed by atoms with E-state index in [-0.39, 0.29) is 30.7 Å². The number of nitrogens with one attached hydrogen (secondary N) is 2. The second-order valence-electron chi connectivity index (χ2n) is 6.05. The van der Waals surface area contributed by atoms with Crippen molar-refractivity contribution < 1.29 is 4.79 Å². The highest BCUT2D eigenvalue weighted by atomic mass is 35.5. The Morgan fingerprint density at radius 3 is 2.60 bits per heavy atom. The molecule has 0 radical (unpaired) electrons. The molecule has 2 rings (SSSR count). The monoisotopic (exact) mass is 394 g/mol. The zero-order valence-corrected chi connectivity index (χ0v) is 16.9. The van der Waals surface area contributed by atoms with Crippen LogP contribution in [0.4, 0.5) is 0 Å². The first-order valence-corrected chi connectivity index (χ1v) is 8.87. The Labute approximate surface area is 163 Å². The van der Waals surface area contributed by atoms with Crippen molar-refractivity contribution in [2.75, 3.05) is 39.3 Å². The van der Waals surface area contributed by atoms with Gasteiger partial charge in [0.2, 0.25) is 0 Å². The summed E-state index contributed by atoms with van der Waals surface area (Å²) in [6.45, 7) is 10.3. The first-order chi connectivity index (χ1) is 11.2. The van der Waals surface area contributed by atoms with Crippen molar-refractivity contribution in [3.05, 3.63) is 11.9 Å². The van der Waals surface area contributed by atoms with E-state index in [0.29, 0.717) is 18.3 Å². The van der Waals surface area contributed by atoms with E-state index in [1.165, 1.54) is 0 Å². The molecule has 1 fully saturated rings. The highest BCUT2D eigenvalue weighted by Crippen LogP contribution is 2.16. The number of amides is 1. The molecule has 0 aliphatic carbocycles. The van der Waals surface area contributed by atoms with Crippen molar-refractivity contribution in [2.24, 2.45) is 0 Å². The Morgan fingerprint density at radius 2 is 1.96 bits per heavy atom. The van der Waals surface area contributed by atoms with Crippen molar-refractivity contribution in [3.8, 4) is 0 Å². The van der Waals surface area contributed by atoms with E-state index in [4.69, 9.17) is 0 Å². The number of nitrogens with zero attached hydrogens (tertiary/aromatic N) is 4. The van der Waals surface area contributed by atoms with Crippen molar-refractivity contribution >= 4 is 30.7 Å². The van der Waals surface area contributed by atoms with Crippen LogP contribution in [0.5, 0.6) is 0 Å². The molecule has 1 aliphatic rings. The zero-order valence-electron chi connectivity index (χ0n) is 15.2. The fourth-order valence-electron chi connectivity index (χ4n) is 2.92. The lowest BCUT2D eigenvalue weighted by molar-refractivity contribution is 0.0947. The van der Waals surface area contributed by atoms with Gasteiger partial charge in [0.25, 0.3) is 5.91 Å². The van der Waals surface area contributed by atoms with Gasteiger partial charge in [0, 0.05) is 6.54 Å². The summed E-state index contributed by atoms with van der Waals surface area (Å²) >= 11 is 0. The molecule has 146 valence electrons. The third kappa shape index (κ3) is 7.90. The average molecular weight is 395 g/mol. The van der Waals surface area contributed by atoms with E-state index in [2.05, 4.69) is 39.7 Å². The molecular weight excluding hydrogens is 363 g/mol. The topological polar surface area (TPSA) is 75.1 Å². The van der Waals surface area contributed by atoms with Crippen molar-refractivity contribution in [2.45, 2.75) is 45.6 Å². The molecule has 1 amide bonds. The van der Waals surface area contributed by atoms with Gasteiger partial charge in [0.1, 0.15) is 0 Å². The molecule has 7 nitrogen and oxygen atoms in total. The minimum atomic E-state index is -0.118. The lowest BCUT2D eigenvalue weighted by atomic mass is 10.1. The summed E-state index contributed by atoms with van der Waals surface area (Å²) in [5, 5.41) is 14.4. The predicted molar refractivity (Wildman–Crippen MR) is 105 cm³/mol. The highest BCUT2D eigenvalue weighted by molar-refractivity contribution is 5.91. The van der Waals surface area contributed by atoms with Gasteiger partial charge < -0.3 is 15.5 Å². The number of rotatable bonds is 9. The molecule has 2 heterocycles. The van der Waals surface area contributed by atoms with Gasteiger partial charge in [0.05, 0.1) is 12.2 Å². The van der Waals surface area contributed by atoms with Crippen LogP contribution in [-0.4, -0.2) is 65.1 Å². The molecule has 2 N–H and O–H groups in total. The fraction of sp³-hybridized carbons (Fsp3) is 0.812. The molecule has 1 aliphatic heterocycles. The van der Waals surface area contributed by atoms with Gasteiger partial charge in [0.15, 0.2) is 5.69 Å². The number of hydrogen-bond acceptors (Lipinski definition) is 5. The summed E-state index contributed by atoms with van der Waals surface area (Å²) < 4.78 is 1.84. The first-order valence-electron chi connectivity index (χ1n) is 8.87. The van der Waals surface area contributed by atoms with E-state index >= 15 is 0 Å². The van der Waals surface area contributed by atoms with Gasteiger partial charge in [-0.05, 0) is 58.4 Å².